The Kier molecular flexibility index (Phi) is 7.89. The molecule has 1 aromatic heterocycles. The van der Waals surface area contributed by atoms with Crippen molar-refractivity contribution in [1.82, 2.24) is 15.6 Å². The second-order valence-corrected chi connectivity index (χ2v) is 6.25. The molecule has 0 aliphatic rings. The fourth-order valence-electron chi connectivity index (χ4n) is 2.29. The van der Waals surface area contributed by atoms with E-state index in [9.17, 15) is 4.79 Å². The lowest BCUT2D eigenvalue weighted by molar-refractivity contribution is -0.123. The van der Waals surface area contributed by atoms with E-state index >= 15 is 0 Å². The number of methoxy groups -OCH3 is 1. The van der Waals surface area contributed by atoms with Crippen LogP contribution in [0.4, 0.5) is 0 Å². The molecule has 0 radical (unpaired) electrons. The number of rotatable bonds is 10. The van der Waals surface area contributed by atoms with Gasteiger partial charge < -0.3 is 20.1 Å². The number of carbonyl (C=O) groups is 1. The molecule has 1 amide bonds. The van der Waals surface area contributed by atoms with Gasteiger partial charge in [0.25, 0.3) is 0 Å². The van der Waals surface area contributed by atoms with Crippen molar-refractivity contribution in [3.63, 3.8) is 0 Å². The summed E-state index contributed by atoms with van der Waals surface area (Å²) in [5.41, 5.74) is 2.14. The number of carbonyl (C=O) groups excluding carboxylic acids is 1. The lowest BCUT2D eigenvalue weighted by Crippen LogP contribution is -2.34. The Morgan fingerprint density at radius 2 is 1.85 bits per heavy atom. The maximum absolute atomic E-state index is 11.5. The second-order valence-electron chi connectivity index (χ2n) is 6.25. The van der Waals surface area contributed by atoms with Crippen molar-refractivity contribution in [2.24, 2.45) is 5.92 Å². The van der Waals surface area contributed by atoms with Crippen LogP contribution in [-0.4, -0.2) is 31.1 Å². The van der Waals surface area contributed by atoms with Gasteiger partial charge in [-0.3, -0.25) is 9.78 Å². The van der Waals surface area contributed by atoms with Gasteiger partial charge in [0.15, 0.2) is 11.5 Å². The van der Waals surface area contributed by atoms with Crippen molar-refractivity contribution in [2.45, 2.75) is 27.0 Å². The molecule has 0 spiro atoms. The third kappa shape index (κ3) is 6.37. The number of amides is 1. The van der Waals surface area contributed by atoms with Crippen LogP contribution < -0.4 is 20.1 Å². The van der Waals surface area contributed by atoms with Crippen LogP contribution in [0.25, 0.3) is 0 Å². The quantitative estimate of drug-likeness (QED) is 0.639. The van der Waals surface area contributed by atoms with E-state index in [0.717, 1.165) is 11.1 Å². The number of benzene rings is 1. The van der Waals surface area contributed by atoms with Crippen molar-refractivity contribution in [2.75, 3.05) is 20.2 Å². The summed E-state index contributed by atoms with van der Waals surface area (Å²) in [5.74, 6) is 1.49. The highest BCUT2D eigenvalue weighted by Crippen LogP contribution is 2.28. The first-order valence-corrected chi connectivity index (χ1v) is 8.77. The Bertz CT molecular complexity index is 690. The fraction of sp³-hybridized carbons (Fsp3) is 0.400. The number of ether oxygens (including phenoxy) is 2. The zero-order chi connectivity index (χ0) is 18.8. The summed E-state index contributed by atoms with van der Waals surface area (Å²) in [4.78, 5) is 15.5. The summed E-state index contributed by atoms with van der Waals surface area (Å²) in [6.07, 6.45) is 3.49. The lowest BCUT2D eigenvalue weighted by atomic mass is 10.2. The molecule has 1 aromatic carbocycles. The number of pyridine rings is 1. The first-order valence-electron chi connectivity index (χ1n) is 8.77. The maximum atomic E-state index is 11.5. The molecule has 1 heterocycles. The van der Waals surface area contributed by atoms with E-state index in [-0.39, 0.29) is 11.8 Å². The number of hydrogen-bond acceptors (Lipinski definition) is 5. The monoisotopic (exact) mass is 357 g/mol. The molecule has 0 unspecified atom stereocenters. The molecule has 2 N–H and O–H groups in total. The zero-order valence-electron chi connectivity index (χ0n) is 15.6. The highest BCUT2D eigenvalue weighted by atomic mass is 16.5. The van der Waals surface area contributed by atoms with Gasteiger partial charge in [0.2, 0.25) is 5.91 Å². The lowest BCUT2D eigenvalue weighted by Gasteiger charge is -2.13. The van der Waals surface area contributed by atoms with Crippen LogP contribution in [-0.2, 0) is 17.9 Å². The summed E-state index contributed by atoms with van der Waals surface area (Å²) >= 11 is 0. The van der Waals surface area contributed by atoms with Gasteiger partial charge in [0.1, 0.15) is 6.61 Å². The average molecular weight is 357 g/mol. The molecule has 0 fully saturated rings. The topological polar surface area (TPSA) is 72.5 Å². The third-order valence-corrected chi connectivity index (χ3v) is 3.83. The van der Waals surface area contributed by atoms with Gasteiger partial charge in [-0.25, -0.2) is 0 Å². The van der Waals surface area contributed by atoms with Crippen LogP contribution in [0.15, 0.2) is 42.7 Å². The van der Waals surface area contributed by atoms with Gasteiger partial charge in [0, 0.05) is 37.9 Å². The Hall–Kier alpha value is -2.60. The van der Waals surface area contributed by atoms with Crippen molar-refractivity contribution >= 4 is 5.91 Å². The minimum atomic E-state index is 0.0129. The van der Waals surface area contributed by atoms with Crippen molar-refractivity contribution in [3.05, 3.63) is 53.9 Å². The van der Waals surface area contributed by atoms with E-state index in [1.807, 2.05) is 44.2 Å². The molecule has 0 aliphatic heterocycles. The third-order valence-electron chi connectivity index (χ3n) is 3.83. The zero-order valence-corrected chi connectivity index (χ0v) is 15.6. The first-order chi connectivity index (χ1) is 12.6. The van der Waals surface area contributed by atoms with Gasteiger partial charge in [-0.1, -0.05) is 19.9 Å². The second kappa shape index (κ2) is 10.4. The molecule has 2 aromatic rings. The molecular weight excluding hydrogens is 330 g/mol. The minimum Gasteiger partial charge on any atom is -0.493 e. The van der Waals surface area contributed by atoms with Gasteiger partial charge in [-0.2, -0.15) is 0 Å². The molecule has 6 heteroatoms. The van der Waals surface area contributed by atoms with Crippen LogP contribution in [0.5, 0.6) is 11.5 Å². The molecule has 140 valence electrons. The van der Waals surface area contributed by atoms with Crippen LogP contribution in [0.3, 0.4) is 0 Å². The summed E-state index contributed by atoms with van der Waals surface area (Å²) in [6, 6.07) is 9.72. The van der Waals surface area contributed by atoms with Crippen LogP contribution in [0.2, 0.25) is 0 Å². The maximum Gasteiger partial charge on any atom is 0.222 e. The standard InChI is InChI=1S/C20H27N3O3/c1-15(2)20(24)23-11-10-22-13-17-4-5-18(19(12-17)25-3)26-14-16-6-8-21-9-7-16/h4-9,12,15,22H,10-11,13-14H2,1-3H3,(H,23,24). The Morgan fingerprint density at radius 3 is 2.54 bits per heavy atom. The number of nitrogens with one attached hydrogen (secondary N) is 2. The van der Waals surface area contributed by atoms with Crippen LogP contribution in [0, 0.1) is 5.92 Å². The van der Waals surface area contributed by atoms with E-state index in [1.165, 1.54) is 0 Å². The Labute approximate surface area is 154 Å². The smallest absolute Gasteiger partial charge is 0.222 e. The highest BCUT2D eigenvalue weighted by Gasteiger charge is 2.07. The normalized spacial score (nSPS) is 10.6. The molecule has 0 bridgehead atoms. The molecular formula is C20H27N3O3. The molecule has 0 atom stereocenters. The summed E-state index contributed by atoms with van der Waals surface area (Å²) in [6.45, 7) is 6.24. The molecule has 2 rings (SSSR count). The number of aromatic nitrogens is 1. The first kappa shape index (κ1) is 19.7. The van der Waals surface area contributed by atoms with Crippen LogP contribution in [0.1, 0.15) is 25.0 Å². The average Bonchev–Trinajstić information content (AvgIpc) is 2.67. The molecule has 0 saturated heterocycles. The van der Waals surface area contributed by atoms with Gasteiger partial charge in [0.05, 0.1) is 7.11 Å². The van der Waals surface area contributed by atoms with Gasteiger partial charge >= 0.3 is 0 Å². The Morgan fingerprint density at radius 1 is 1.08 bits per heavy atom. The highest BCUT2D eigenvalue weighted by molar-refractivity contribution is 5.77. The molecule has 0 saturated carbocycles. The number of nitrogens with zero attached hydrogens (tertiary/aromatic N) is 1. The predicted molar refractivity (Wildman–Crippen MR) is 101 cm³/mol. The van der Waals surface area contributed by atoms with E-state index in [0.29, 0.717) is 37.7 Å². The van der Waals surface area contributed by atoms with E-state index in [4.69, 9.17) is 9.47 Å². The van der Waals surface area contributed by atoms with E-state index in [1.54, 1.807) is 19.5 Å². The van der Waals surface area contributed by atoms with Crippen molar-refractivity contribution < 1.29 is 14.3 Å². The summed E-state index contributed by atoms with van der Waals surface area (Å²) in [7, 11) is 1.63. The molecule has 6 nitrogen and oxygen atoms in total. The largest absolute Gasteiger partial charge is 0.493 e. The van der Waals surface area contributed by atoms with Crippen molar-refractivity contribution in [3.8, 4) is 11.5 Å². The van der Waals surface area contributed by atoms with Gasteiger partial charge in [-0.15, -0.1) is 0 Å². The van der Waals surface area contributed by atoms with E-state index < -0.39 is 0 Å². The van der Waals surface area contributed by atoms with Crippen LogP contribution >= 0.6 is 0 Å². The minimum absolute atomic E-state index is 0.0129. The van der Waals surface area contributed by atoms with E-state index in [2.05, 4.69) is 15.6 Å². The van der Waals surface area contributed by atoms with Gasteiger partial charge in [-0.05, 0) is 35.4 Å². The summed E-state index contributed by atoms with van der Waals surface area (Å²) in [5, 5.41) is 6.19. The summed E-state index contributed by atoms with van der Waals surface area (Å²) < 4.78 is 11.3. The predicted octanol–water partition coefficient (Wildman–Crippen LogP) is 2.53. The van der Waals surface area contributed by atoms with Crippen molar-refractivity contribution in [1.29, 1.82) is 0 Å². The Balaban J connectivity index is 1.81. The fourth-order valence-corrected chi connectivity index (χ4v) is 2.29. The molecule has 0 aliphatic carbocycles. The SMILES string of the molecule is COc1cc(CNCCNC(=O)C(C)C)ccc1OCc1ccncc1. The molecule has 26 heavy (non-hydrogen) atoms. The number of hydrogen-bond donors (Lipinski definition) is 2.